The Bertz CT molecular complexity index is 604. The molecule has 21 heavy (non-hydrogen) atoms. The quantitative estimate of drug-likeness (QED) is 0.893. The second-order valence-electron chi connectivity index (χ2n) is 5.50. The highest BCUT2D eigenvalue weighted by Gasteiger charge is 2.31. The number of nitrogens with zero attached hydrogens (tertiary/aromatic N) is 1. The molecule has 110 valence electrons. The number of carboxylic acids is 1. The number of anilines is 1. The Balaban J connectivity index is 2.10. The highest BCUT2D eigenvalue weighted by molar-refractivity contribution is 5.94. The first-order chi connectivity index (χ1) is 10.0. The minimum Gasteiger partial charge on any atom is -0.481 e. The first-order valence-electron chi connectivity index (χ1n) is 7.06. The normalized spacial score (nSPS) is 21.3. The molecule has 1 amide bonds. The van der Waals surface area contributed by atoms with Gasteiger partial charge in [-0.2, -0.15) is 5.26 Å². The van der Waals surface area contributed by atoms with Crippen LogP contribution < -0.4 is 5.32 Å². The van der Waals surface area contributed by atoms with Crippen LogP contribution in [0.25, 0.3) is 0 Å². The first kappa shape index (κ1) is 15.0. The molecular weight excluding hydrogens is 268 g/mol. The zero-order valence-corrected chi connectivity index (χ0v) is 11.9. The van der Waals surface area contributed by atoms with E-state index in [1.165, 1.54) is 0 Å². The Kier molecular flexibility index (Phi) is 4.59. The number of benzene rings is 1. The van der Waals surface area contributed by atoms with Gasteiger partial charge in [0.15, 0.2) is 0 Å². The van der Waals surface area contributed by atoms with Crippen LogP contribution in [0.3, 0.4) is 0 Å². The Morgan fingerprint density at radius 1 is 1.33 bits per heavy atom. The summed E-state index contributed by atoms with van der Waals surface area (Å²) >= 11 is 0. The predicted molar refractivity (Wildman–Crippen MR) is 77.6 cm³/mol. The van der Waals surface area contributed by atoms with Gasteiger partial charge in [0.05, 0.1) is 17.2 Å². The molecule has 2 unspecified atom stereocenters. The Morgan fingerprint density at radius 2 is 2.05 bits per heavy atom. The minimum absolute atomic E-state index is 0.192. The molecule has 1 aliphatic carbocycles. The van der Waals surface area contributed by atoms with Gasteiger partial charge >= 0.3 is 5.97 Å². The molecule has 2 N–H and O–H groups in total. The summed E-state index contributed by atoms with van der Waals surface area (Å²) in [5, 5.41) is 21.0. The third-order valence-electron chi connectivity index (χ3n) is 4.04. The van der Waals surface area contributed by atoms with Crippen LogP contribution in [0, 0.1) is 30.1 Å². The number of nitriles is 1. The fraction of sp³-hybridized carbons (Fsp3) is 0.438. The van der Waals surface area contributed by atoms with E-state index in [2.05, 4.69) is 11.4 Å². The van der Waals surface area contributed by atoms with Crippen molar-refractivity contribution in [2.24, 2.45) is 11.8 Å². The average molecular weight is 286 g/mol. The second kappa shape index (κ2) is 6.40. The van der Waals surface area contributed by atoms with Crippen LogP contribution >= 0.6 is 0 Å². The maximum atomic E-state index is 12.3. The molecule has 1 saturated carbocycles. The number of nitrogens with one attached hydrogen (secondary N) is 1. The zero-order valence-electron chi connectivity index (χ0n) is 11.9. The average Bonchev–Trinajstić information content (AvgIpc) is 2.47. The third kappa shape index (κ3) is 3.40. The molecule has 0 saturated heterocycles. The number of aryl methyl sites for hydroxylation is 1. The first-order valence-corrected chi connectivity index (χ1v) is 7.06. The fourth-order valence-electron chi connectivity index (χ4n) is 2.81. The van der Waals surface area contributed by atoms with Gasteiger partial charge in [0, 0.05) is 5.92 Å². The Labute approximate surface area is 123 Å². The molecule has 0 bridgehead atoms. The number of carbonyl (C=O) groups excluding carboxylic acids is 1. The van der Waals surface area contributed by atoms with Gasteiger partial charge in [-0.05, 0) is 37.8 Å². The van der Waals surface area contributed by atoms with E-state index in [0.717, 1.165) is 12.0 Å². The summed E-state index contributed by atoms with van der Waals surface area (Å²) in [6, 6.07) is 7.38. The van der Waals surface area contributed by atoms with Crippen molar-refractivity contribution in [2.75, 3.05) is 5.32 Å². The van der Waals surface area contributed by atoms with Gasteiger partial charge in [0.1, 0.15) is 6.07 Å². The van der Waals surface area contributed by atoms with E-state index in [1.54, 1.807) is 12.1 Å². The summed E-state index contributed by atoms with van der Waals surface area (Å²) < 4.78 is 0. The van der Waals surface area contributed by atoms with Crippen molar-refractivity contribution in [1.29, 1.82) is 5.26 Å². The maximum absolute atomic E-state index is 12.3. The molecular formula is C16H18N2O3. The molecule has 0 radical (unpaired) electrons. The lowest BCUT2D eigenvalue weighted by molar-refractivity contribution is -0.143. The van der Waals surface area contributed by atoms with Crippen LogP contribution in [0.15, 0.2) is 18.2 Å². The molecule has 0 heterocycles. The van der Waals surface area contributed by atoms with Gasteiger partial charge in [-0.3, -0.25) is 9.59 Å². The van der Waals surface area contributed by atoms with Crippen molar-refractivity contribution in [2.45, 2.75) is 32.6 Å². The number of carboxylic acid groups (broad SMARTS) is 1. The molecule has 5 nitrogen and oxygen atoms in total. The minimum atomic E-state index is -0.833. The predicted octanol–water partition coefficient (Wildman–Crippen LogP) is 2.70. The van der Waals surface area contributed by atoms with E-state index < -0.39 is 11.9 Å². The number of amides is 1. The summed E-state index contributed by atoms with van der Waals surface area (Å²) in [6.07, 6.45) is 2.44. The molecule has 0 spiro atoms. The molecule has 2 rings (SSSR count). The zero-order chi connectivity index (χ0) is 15.4. The van der Waals surface area contributed by atoms with Crippen LogP contribution in [0.4, 0.5) is 5.69 Å². The van der Waals surface area contributed by atoms with Crippen molar-refractivity contribution >= 4 is 17.6 Å². The largest absolute Gasteiger partial charge is 0.481 e. The van der Waals surface area contributed by atoms with Gasteiger partial charge in [0.2, 0.25) is 5.91 Å². The number of rotatable bonds is 3. The summed E-state index contributed by atoms with van der Waals surface area (Å²) in [4.78, 5) is 23.4. The van der Waals surface area contributed by atoms with Crippen LogP contribution in [0.5, 0.6) is 0 Å². The van der Waals surface area contributed by atoms with Crippen LogP contribution in [0.2, 0.25) is 0 Å². The van der Waals surface area contributed by atoms with Crippen LogP contribution in [-0.2, 0) is 9.59 Å². The van der Waals surface area contributed by atoms with Gasteiger partial charge in [-0.25, -0.2) is 0 Å². The lowest BCUT2D eigenvalue weighted by Gasteiger charge is -2.25. The van der Waals surface area contributed by atoms with Crippen molar-refractivity contribution in [3.8, 4) is 6.07 Å². The van der Waals surface area contributed by atoms with Gasteiger partial charge in [0.25, 0.3) is 0 Å². The summed E-state index contributed by atoms with van der Waals surface area (Å²) in [6.45, 7) is 1.81. The number of carbonyl (C=O) groups is 2. The Morgan fingerprint density at radius 3 is 2.71 bits per heavy atom. The number of hydrogen-bond acceptors (Lipinski definition) is 3. The maximum Gasteiger partial charge on any atom is 0.306 e. The molecule has 1 aromatic carbocycles. The van der Waals surface area contributed by atoms with Crippen molar-refractivity contribution in [1.82, 2.24) is 0 Å². The molecule has 1 fully saturated rings. The van der Waals surface area contributed by atoms with Crippen molar-refractivity contribution < 1.29 is 14.7 Å². The summed E-state index contributed by atoms with van der Waals surface area (Å²) in [7, 11) is 0. The molecule has 0 aliphatic heterocycles. The topological polar surface area (TPSA) is 90.2 Å². The molecule has 2 atom stereocenters. The number of aliphatic carboxylic acids is 1. The summed E-state index contributed by atoms with van der Waals surface area (Å²) in [5.74, 6) is -1.77. The van der Waals surface area contributed by atoms with Gasteiger partial charge in [-0.1, -0.05) is 18.6 Å². The summed E-state index contributed by atoms with van der Waals surface area (Å²) in [5.41, 5.74) is 1.76. The molecule has 1 aliphatic rings. The van der Waals surface area contributed by atoms with E-state index in [1.807, 2.05) is 13.0 Å². The van der Waals surface area contributed by atoms with Crippen molar-refractivity contribution in [3.05, 3.63) is 29.3 Å². The van der Waals surface area contributed by atoms with E-state index in [9.17, 15) is 9.59 Å². The lowest BCUT2D eigenvalue weighted by Crippen LogP contribution is -2.31. The molecule has 5 heteroatoms. The highest BCUT2D eigenvalue weighted by atomic mass is 16.4. The van der Waals surface area contributed by atoms with E-state index in [-0.39, 0.29) is 11.8 Å². The monoisotopic (exact) mass is 286 g/mol. The standard InChI is InChI=1S/C16H18N2O3/c1-10-4-2-7-14(13(10)9-17)18-15(19)11-5-3-6-12(8-11)16(20)21/h2,4,7,11-12H,3,5-6,8H2,1H3,(H,18,19)(H,20,21). The lowest BCUT2D eigenvalue weighted by atomic mass is 9.81. The van der Waals surface area contributed by atoms with Crippen LogP contribution in [-0.4, -0.2) is 17.0 Å². The van der Waals surface area contributed by atoms with E-state index in [4.69, 9.17) is 10.4 Å². The van der Waals surface area contributed by atoms with E-state index in [0.29, 0.717) is 30.5 Å². The second-order valence-corrected chi connectivity index (χ2v) is 5.50. The third-order valence-corrected chi connectivity index (χ3v) is 4.04. The van der Waals surface area contributed by atoms with Gasteiger partial charge < -0.3 is 10.4 Å². The molecule has 0 aromatic heterocycles. The fourth-order valence-corrected chi connectivity index (χ4v) is 2.81. The van der Waals surface area contributed by atoms with Gasteiger partial charge in [-0.15, -0.1) is 0 Å². The van der Waals surface area contributed by atoms with E-state index >= 15 is 0 Å². The van der Waals surface area contributed by atoms with Crippen LogP contribution in [0.1, 0.15) is 36.8 Å². The Hall–Kier alpha value is -2.35. The van der Waals surface area contributed by atoms with Crippen molar-refractivity contribution in [3.63, 3.8) is 0 Å². The molecule has 1 aromatic rings. The highest BCUT2D eigenvalue weighted by Crippen LogP contribution is 2.30. The smallest absolute Gasteiger partial charge is 0.306 e. The number of hydrogen-bond donors (Lipinski definition) is 2. The SMILES string of the molecule is Cc1cccc(NC(=O)C2CCCC(C(=O)O)C2)c1C#N.